The molecule has 86 valence electrons. The molecule has 0 atom stereocenters. The quantitative estimate of drug-likeness (QED) is 0.731. The fraction of sp³-hybridized carbons (Fsp3) is 0.167. The molecular weight excluding hydrogens is 220 g/mol. The van der Waals surface area contributed by atoms with E-state index >= 15 is 0 Å². The highest BCUT2D eigenvalue weighted by molar-refractivity contribution is 6.02. The Bertz CT molecular complexity index is 742. The number of pyridine rings is 1. The number of benzene rings is 1. The van der Waals surface area contributed by atoms with Gasteiger partial charge in [-0.25, -0.2) is 9.95 Å². The Labute approximate surface area is 96.0 Å². The van der Waals surface area contributed by atoms with Crippen LogP contribution in [0.2, 0.25) is 0 Å². The molecule has 5 heteroatoms. The Kier molecular flexibility index (Phi) is 2.11. The van der Waals surface area contributed by atoms with Gasteiger partial charge in [0.05, 0.1) is 17.6 Å². The molecule has 0 amide bonds. The number of hydrogen-bond acceptors (Lipinski definition) is 4. The Balaban J connectivity index is 2.33. The summed E-state index contributed by atoms with van der Waals surface area (Å²) >= 11 is 0. The lowest BCUT2D eigenvalue weighted by atomic mass is 10.1. The van der Waals surface area contributed by atoms with Crippen molar-refractivity contribution in [3.05, 3.63) is 34.8 Å². The van der Waals surface area contributed by atoms with E-state index in [1.54, 1.807) is 0 Å². The van der Waals surface area contributed by atoms with Gasteiger partial charge in [-0.3, -0.25) is 4.98 Å². The van der Waals surface area contributed by atoms with Crippen LogP contribution < -0.4 is 10.4 Å². The third-order valence-corrected chi connectivity index (χ3v) is 2.62. The van der Waals surface area contributed by atoms with Gasteiger partial charge in [-0.05, 0) is 19.1 Å². The predicted molar refractivity (Wildman–Crippen MR) is 63.3 cm³/mol. The van der Waals surface area contributed by atoms with Crippen LogP contribution in [0.15, 0.2) is 33.7 Å². The molecule has 17 heavy (non-hydrogen) atoms. The summed E-state index contributed by atoms with van der Waals surface area (Å²) in [6.45, 7) is 2.53. The van der Waals surface area contributed by atoms with E-state index in [9.17, 15) is 4.79 Å². The van der Waals surface area contributed by atoms with E-state index in [0.29, 0.717) is 17.5 Å². The van der Waals surface area contributed by atoms with E-state index in [2.05, 4.69) is 10.1 Å². The van der Waals surface area contributed by atoms with E-state index in [4.69, 9.17) is 9.26 Å². The number of nitrogens with one attached hydrogen (secondary N) is 1. The summed E-state index contributed by atoms with van der Waals surface area (Å²) in [5.74, 6) is 0.762. The summed E-state index contributed by atoms with van der Waals surface area (Å²) in [5.41, 5.74) is 1.03. The van der Waals surface area contributed by atoms with Crippen molar-refractivity contribution in [1.82, 2.24) is 10.1 Å². The molecular formula is C12H10N2O3. The first-order valence-electron chi connectivity index (χ1n) is 5.32. The molecule has 0 bridgehead atoms. The van der Waals surface area contributed by atoms with Crippen LogP contribution in [0.5, 0.6) is 5.75 Å². The number of hydrogen-bond donors (Lipinski definition) is 1. The topological polar surface area (TPSA) is 68.1 Å². The predicted octanol–water partition coefficient (Wildman–Crippen LogP) is 2.07. The van der Waals surface area contributed by atoms with Crippen molar-refractivity contribution in [3.63, 3.8) is 0 Å². The normalized spacial score (nSPS) is 11.1. The molecule has 0 aliphatic carbocycles. The van der Waals surface area contributed by atoms with Crippen molar-refractivity contribution < 1.29 is 9.26 Å². The third-order valence-electron chi connectivity index (χ3n) is 2.62. The number of aromatic nitrogens is 2. The molecule has 0 spiro atoms. The minimum absolute atomic E-state index is 0.400. The number of nitrogens with zero attached hydrogens (tertiary/aromatic N) is 1. The van der Waals surface area contributed by atoms with Crippen LogP contribution in [0.25, 0.3) is 21.8 Å². The fourth-order valence-corrected chi connectivity index (χ4v) is 1.85. The van der Waals surface area contributed by atoms with E-state index in [0.717, 1.165) is 16.7 Å². The number of aromatic amines is 1. The second kappa shape index (κ2) is 3.62. The Hall–Kier alpha value is -2.30. The van der Waals surface area contributed by atoms with Crippen molar-refractivity contribution in [2.24, 2.45) is 0 Å². The van der Waals surface area contributed by atoms with Gasteiger partial charge >= 0.3 is 5.63 Å². The van der Waals surface area contributed by atoms with Gasteiger partial charge in [-0.2, -0.15) is 0 Å². The lowest BCUT2D eigenvalue weighted by Crippen LogP contribution is -1.93. The molecule has 3 aromatic rings. The van der Waals surface area contributed by atoms with Crippen molar-refractivity contribution >= 4 is 21.8 Å². The first kappa shape index (κ1) is 9.89. The monoisotopic (exact) mass is 230 g/mol. The zero-order valence-electron chi connectivity index (χ0n) is 9.19. The summed E-state index contributed by atoms with van der Waals surface area (Å²) in [6, 6.07) is 5.54. The minimum Gasteiger partial charge on any atom is -0.494 e. The highest BCUT2D eigenvalue weighted by Gasteiger charge is 2.08. The van der Waals surface area contributed by atoms with Crippen molar-refractivity contribution in [3.8, 4) is 5.75 Å². The summed E-state index contributed by atoms with van der Waals surface area (Å²) in [6.07, 6.45) is 1.51. The molecule has 2 aromatic heterocycles. The molecule has 0 fully saturated rings. The zero-order valence-corrected chi connectivity index (χ0v) is 9.19. The SMILES string of the molecule is CCOc1ccc2c(c1)ncc1c(=O)o[nH]c12. The molecule has 1 N–H and O–H groups in total. The summed E-state index contributed by atoms with van der Waals surface area (Å²) in [7, 11) is 0. The van der Waals surface area contributed by atoms with Crippen molar-refractivity contribution in [1.29, 1.82) is 0 Å². The number of H-pyrrole nitrogens is 1. The van der Waals surface area contributed by atoms with Gasteiger partial charge in [-0.15, -0.1) is 0 Å². The largest absolute Gasteiger partial charge is 0.494 e. The van der Waals surface area contributed by atoms with E-state index < -0.39 is 5.63 Å². The highest BCUT2D eigenvalue weighted by Crippen LogP contribution is 2.24. The molecule has 0 saturated carbocycles. The second-order valence-electron chi connectivity index (χ2n) is 3.65. The highest BCUT2D eigenvalue weighted by atomic mass is 16.5. The van der Waals surface area contributed by atoms with Gasteiger partial charge in [-0.1, -0.05) is 0 Å². The fourth-order valence-electron chi connectivity index (χ4n) is 1.85. The molecule has 1 aromatic carbocycles. The Morgan fingerprint density at radius 2 is 2.29 bits per heavy atom. The standard InChI is InChI=1S/C12H10N2O3/c1-2-16-7-3-4-8-10(5-7)13-6-9-11(8)14-17-12(9)15/h3-6,14H,2H2,1H3. The van der Waals surface area contributed by atoms with Crippen LogP contribution in [0.1, 0.15) is 6.92 Å². The second-order valence-corrected chi connectivity index (χ2v) is 3.65. The molecule has 0 aliphatic rings. The average molecular weight is 230 g/mol. The number of ether oxygens (including phenoxy) is 1. The van der Waals surface area contributed by atoms with Gasteiger partial charge in [0.15, 0.2) is 0 Å². The number of fused-ring (bicyclic) bond motifs is 3. The van der Waals surface area contributed by atoms with Crippen LogP contribution in [0.4, 0.5) is 0 Å². The van der Waals surface area contributed by atoms with Gasteiger partial charge in [0.1, 0.15) is 11.1 Å². The minimum atomic E-state index is -0.400. The summed E-state index contributed by atoms with van der Waals surface area (Å²) < 4.78 is 10.1. The maximum atomic E-state index is 11.3. The number of rotatable bonds is 2. The molecule has 0 saturated heterocycles. The molecule has 3 rings (SSSR count). The van der Waals surface area contributed by atoms with Crippen molar-refractivity contribution in [2.45, 2.75) is 6.92 Å². The summed E-state index contributed by atoms with van der Waals surface area (Å²) in [5, 5.41) is 3.92. The third kappa shape index (κ3) is 1.47. The maximum Gasteiger partial charge on any atom is 0.366 e. The van der Waals surface area contributed by atoms with Crippen LogP contribution >= 0.6 is 0 Å². The molecule has 0 radical (unpaired) electrons. The first-order valence-corrected chi connectivity index (χ1v) is 5.32. The van der Waals surface area contributed by atoms with Crippen LogP contribution in [-0.4, -0.2) is 16.7 Å². The smallest absolute Gasteiger partial charge is 0.366 e. The van der Waals surface area contributed by atoms with Gasteiger partial charge in [0.2, 0.25) is 0 Å². The average Bonchev–Trinajstić information content (AvgIpc) is 2.72. The zero-order chi connectivity index (χ0) is 11.8. The maximum absolute atomic E-state index is 11.3. The molecule has 5 nitrogen and oxygen atoms in total. The van der Waals surface area contributed by atoms with Crippen LogP contribution in [-0.2, 0) is 0 Å². The van der Waals surface area contributed by atoms with E-state index in [1.165, 1.54) is 6.20 Å². The van der Waals surface area contributed by atoms with Crippen LogP contribution in [0, 0.1) is 0 Å². The lowest BCUT2D eigenvalue weighted by molar-refractivity contribution is 0.340. The Morgan fingerprint density at radius 1 is 1.41 bits per heavy atom. The van der Waals surface area contributed by atoms with Gasteiger partial charge in [0.25, 0.3) is 0 Å². The first-order chi connectivity index (χ1) is 8.29. The molecule has 0 unspecified atom stereocenters. The lowest BCUT2D eigenvalue weighted by Gasteiger charge is -2.03. The molecule has 2 heterocycles. The van der Waals surface area contributed by atoms with Gasteiger partial charge < -0.3 is 9.26 Å². The van der Waals surface area contributed by atoms with Gasteiger partial charge in [0, 0.05) is 17.6 Å². The Morgan fingerprint density at radius 3 is 3.12 bits per heavy atom. The summed E-state index contributed by atoms with van der Waals surface area (Å²) in [4.78, 5) is 15.6. The van der Waals surface area contributed by atoms with Crippen LogP contribution in [0.3, 0.4) is 0 Å². The molecule has 0 aliphatic heterocycles. The van der Waals surface area contributed by atoms with E-state index in [-0.39, 0.29) is 0 Å². The van der Waals surface area contributed by atoms with Crippen molar-refractivity contribution in [2.75, 3.05) is 6.61 Å². The van der Waals surface area contributed by atoms with E-state index in [1.807, 2.05) is 25.1 Å².